The van der Waals surface area contributed by atoms with Crippen molar-refractivity contribution in [3.63, 3.8) is 0 Å². The quantitative estimate of drug-likeness (QED) is 0.188. The molecule has 47 heavy (non-hydrogen) atoms. The molecule has 0 N–H and O–H groups in total. The van der Waals surface area contributed by atoms with Gasteiger partial charge in [-0.1, -0.05) is 98.9 Å². The van der Waals surface area contributed by atoms with Gasteiger partial charge in [-0.3, -0.25) is 0 Å². The van der Waals surface area contributed by atoms with Gasteiger partial charge in [-0.2, -0.15) is 0 Å². The van der Waals surface area contributed by atoms with Crippen molar-refractivity contribution in [2.75, 3.05) is 9.80 Å². The third-order valence-electron chi connectivity index (χ3n) is 9.10. The topological polar surface area (TPSA) is 46.4 Å². The van der Waals surface area contributed by atoms with Crippen LogP contribution in [0.15, 0.2) is 164 Å². The standard InChI is InChI=1S/C41H33N5O/c1-5-35-39(6-2)47-40-21-12-11-20-38(40)45(35)29-24-22-28(23-25-29)34-27-44(43-42-34)30-14-13-15-31(26-30)46-36-18-9-7-16-32(36)41(3,4)33-17-8-10-19-37(33)46/h5-27H,1-2H2,3-4H3. The third kappa shape index (κ3) is 4.57. The van der Waals surface area contributed by atoms with E-state index < -0.39 is 0 Å². The molecule has 2 aliphatic heterocycles. The van der Waals surface area contributed by atoms with Crippen LogP contribution in [0.5, 0.6) is 5.75 Å². The first-order chi connectivity index (χ1) is 23.0. The van der Waals surface area contributed by atoms with Crippen LogP contribution in [0.4, 0.5) is 28.4 Å². The smallest absolute Gasteiger partial charge is 0.151 e. The number of aromatic nitrogens is 3. The number of benzene rings is 5. The Hall–Kier alpha value is -6.14. The lowest BCUT2D eigenvalue weighted by Crippen LogP contribution is -2.30. The largest absolute Gasteiger partial charge is 0.453 e. The minimum atomic E-state index is -0.111. The number of para-hydroxylation sites is 4. The van der Waals surface area contributed by atoms with Gasteiger partial charge in [-0.25, -0.2) is 4.68 Å². The van der Waals surface area contributed by atoms with Gasteiger partial charge in [0, 0.05) is 22.4 Å². The average molecular weight is 612 g/mol. The average Bonchev–Trinajstić information content (AvgIpc) is 3.62. The zero-order chi connectivity index (χ0) is 32.1. The van der Waals surface area contributed by atoms with Crippen LogP contribution in [0.3, 0.4) is 0 Å². The van der Waals surface area contributed by atoms with Crippen molar-refractivity contribution in [3.8, 4) is 22.7 Å². The summed E-state index contributed by atoms with van der Waals surface area (Å²) in [6, 6.07) is 42.1. The molecule has 8 rings (SSSR count). The Bertz CT molecular complexity index is 2160. The van der Waals surface area contributed by atoms with Gasteiger partial charge in [0.15, 0.2) is 11.5 Å². The monoisotopic (exact) mass is 611 g/mol. The van der Waals surface area contributed by atoms with Crippen LogP contribution in [0.25, 0.3) is 16.9 Å². The van der Waals surface area contributed by atoms with Gasteiger partial charge in [0.05, 0.1) is 34.6 Å². The number of allylic oxidation sites excluding steroid dienone is 2. The first kappa shape index (κ1) is 28.3. The summed E-state index contributed by atoms with van der Waals surface area (Å²) in [5, 5.41) is 9.10. The van der Waals surface area contributed by atoms with Gasteiger partial charge < -0.3 is 14.5 Å². The van der Waals surface area contributed by atoms with E-state index in [1.54, 1.807) is 12.2 Å². The molecule has 0 spiro atoms. The summed E-state index contributed by atoms with van der Waals surface area (Å²) in [4.78, 5) is 4.48. The second-order valence-corrected chi connectivity index (χ2v) is 12.2. The van der Waals surface area contributed by atoms with Gasteiger partial charge >= 0.3 is 0 Å². The Labute approximate surface area is 274 Å². The fraction of sp³-hybridized carbons (Fsp3) is 0.0732. The lowest BCUT2D eigenvalue weighted by atomic mass is 9.73. The van der Waals surface area contributed by atoms with Crippen molar-refractivity contribution >= 4 is 28.4 Å². The number of hydrogen-bond donors (Lipinski definition) is 0. The van der Waals surface area contributed by atoms with Crippen LogP contribution < -0.4 is 14.5 Å². The molecule has 0 radical (unpaired) electrons. The van der Waals surface area contributed by atoms with Gasteiger partial charge in [-0.15, -0.1) is 5.10 Å². The Morgan fingerprint density at radius 3 is 1.96 bits per heavy atom. The normalized spacial score (nSPS) is 14.5. The summed E-state index contributed by atoms with van der Waals surface area (Å²) >= 11 is 0. The molecule has 228 valence electrons. The molecule has 0 atom stereocenters. The van der Waals surface area contributed by atoms with Gasteiger partial charge in [0.1, 0.15) is 5.69 Å². The lowest BCUT2D eigenvalue weighted by molar-refractivity contribution is 0.431. The van der Waals surface area contributed by atoms with E-state index >= 15 is 0 Å². The molecule has 1 aromatic heterocycles. The second kappa shape index (κ2) is 11.0. The fourth-order valence-corrected chi connectivity index (χ4v) is 6.78. The summed E-state index contributed by atoms with van der Waals surface area (Å²) < 4.78 is 7.93. The molecule has 0 aliphatic carbocycles. The molecule has 3 heterocycles. The Morgan fingerprint density at radius 1 is 0.638 bits per heavy atom. The van der Waals surface area contributed by atoms with Gasteiger partial charge in [0.2, 0.25) is 0 Å². The van der Waals surface area contributed by atoms with Crippen molar-refractivity contribution < 1.29 is 4.74 Å². The van der Waals surface area contributed by atoms with Gasteiger partial charge in [-0.05, 0) is 77.9 Å². The lowest BCUT2D eigenvalue weighted by Gasteiger charge is -2.42. The molecular formula is C41H33N5O. The number of rotatable bonds is 6. The van der Waals surface area contributed by atoms with Crippen molar-refractivity contribution in [1.82, 2.24) is 15.0 Å². The first-order valence-electron chi connectivity index (χ1n) is 15.7. The SMILES string of the molecule is C=CC1=C(C=C)N(c2ccc(-c3cn(-c4cccc(N5c6ccccc6C(C)(C)c6ccccc65)c4)nn3)cc2)c2ccccc2O1. The van der Waals surface area contributed by atoms with E-state index in [2.05, 4.69) is 144 Å². The van der Waals surface area contributed by atoms with E-state index in [4.69, 9.17) is 4.74 Å². The number of anilines is 5. The molecule has 0 unspecified atom stereocenters. The minimum absolute atomic E-state index is 0.111. The Morgan fingerprint density at radius 2 is 1.28 bits per heavy atom. The van der Waals surface area contributed by atoms with Crippen LogP contribution in [0, 0.1) is 0 Å². The van der Waals surface area contributed by atoms with Crippen LogP contribution in [-0.4, -0.2) is 15.0 Å². The molecule has 6 heteroatoms. The summed E-state index contributed by atoms with van der Waals surface area (Å²) in [5.74, 6) is 1.43. The predicted octanol–water partition coefficient (Wildman–Crippen LogP) is 10.2. The van der Waals surface area contributed by atoms with Crippen molar-refractivity contribution in [2.45, 2.75) is 19.3 Å². The number of nitrogens with zero attached hydrogens (tertiary/aromatic N) is 5. The molecule has 0 saturated heterocycles. The van der Waals surface area contributed by atoms with Crippen molar-refractivity contribution in [1.29, 1.82) is 0 Å². The van der Waals surface area contributed by atoms with Crippen molar-refractivity contribution in [2.24, 2.45) is 0 Å². The Balaban J connectivity index is 1.13. The maximum absolute atomic E-state index is 6.09. The maximum Gasteiger partial charge on any atom is 0.151 e. The van der Waals surface area contributed by atoms with Crippen LogP contribution >= 0.6 is 0 Å². The van der Waals surface area contributed by atoms with Crippen LogP contribution in [0.2, 0.25) is 0 Å². The zero-order valence-corrected chi connectivity index (χ0v) is 26.3. The molecule has 0 amide bonds. The van der Waals surface area contributed by atoms with E-state index in [-0.39, 0.29) is 5.41 Å². The number of fused-ring (bicyclic) bond motifs is 3. The number of ether oxygens (including phenoxy) is 1. The summed E-state index contributed by atoms with van der Waals surface area (Å²) in [5.41, 5.74) is 11.3. The highest BCUT2D eigenvalue weighted by Gasteiger charge is 2.36. The maximum atomic E-state index is 6.09. The highest BCUT2D eigenvalue weighted by molar-refractivity contribution is 5.86. The summed E-state index contributed by atoms with van der Waals surface area (Å²) in [7, 11) is 0. The van der Waals surface area contributed by atoms with E-state index in [0.717, 1.165) is 45.5 Å². The minimum Gasteiger partial charge on any atom is -0.453 e. The molecular weight excluding hydrogens is 578 g/mol. The Kier molecular flexibility index (Phi) is 6.65. The molecule has 2 aliphatic rings. The van der Waals surface area contributed by atoms with Gasteiger partial charge in [0.25, 0.3) is 0 Å². The molecule has 0 bridgehead atoms. The summed E-state index contributed by atoms with van der Waals surface area (Å²) in [6.45, 7) is 12.6. The molecule has 0 saturated carbocycles. The zero-order valence-electron chi connectivity index (χ0n) is 26.3. The second-order valence-electron chi connectivity index (χ2n) is 12.2. The van der Waals surface area contributed by atoms with Crippen LogP contribution in [-0.2, 0) is 5.41 Å². The first-order valence-corrected chi connectivity index (χ1v) is 15.7. The molecule has 5 aromatic carbocycles. The summed E-state index contributed by atoms with van der Waals surface area (Å²) in [6.07, 6.45) is 5.48. The van der Waals surface area contributed by atoms with Crippen LogP contribution in [0.1, 0.15) is 25.0 Å². The highest BCUT2D eigenvalue weighted by atomic mass is 16.5. The van der Waals surface area contributed by atoms with E-state index in [1.807, 2.05) is 35.1 Å². The molecule has 6 nitrogen and oxygen atoms in total. The molecule has 0 fully saturated rings. The highest BCUT2D eigenvalue weighted by Crippen LogP contribution is 2.51. The van der Waals surface area contributed by atoms with Crippen molar-refractivity contribution in [3.05, 3.63) is 175 Å². The van der Waals surface area contributed by atoms with E-state index in [1.165, 1.54) is 22.5 Å². The van der Waals surface area contributed by atoms with E-state index in [9.17, 15) is 0 Å². The number of hydrogen-bond acceptors (Lipinski definition) is 5. The third-order valence-corrected chi connectivity index (χ3v) is 9.10. The molecule has 6 aromatic rings. The fourth-order valence-electron chi connectivity index (χ4n) is 6.78. The predicted molar refractivity (Wildman–Crippen MR) is 190 cm³/mol. The van der Waals surface area contributed by atoms with E-state index in [0.29, 0.717) is 5.76 Å².